The number of hydrogen-bond acceptors (Lipinski definition) is 5. The Bertz CT molecular complexity index is 380. The molecule has 1 heterocycles. The standard InChI is InChI=1S/C9H15N5O4/c15-6(8(16)17)1-3-10-9(18)11-4-2-7-12-5-13-14-7/h5-6,15H,1-4H2,(H,16,17)(H2,10,11,18)(H,12,13,14)/t6-/m0/s1. The highest BCUT2D eigenvalue weighted by molar-refractivity contribution is 5.74. The van der Waals surface area contributed by atoms with E-state index in [1.807, 2.05) is 0 Å². The van der Waals surface area contributed by atoms with Crippen molar-refractivity contribution in [3.05, 3.63) is 12.2 Å². The van der Waals surface area contributed by atoms with Crippen molar-refractivity contribution in [3.63, 3.8) is 0 Å². The number of carbonyl (C=O) groups is 2. The highest BCUT2D eigenvalue weighted by Gasteiger charge is 2.12. The van der Waals surface area contributed by atoms with Gasteiger partial charge in [-0.15, -0.1) is 0 Å². The number of urea groups is 1. The maximum absolute atomic E-state index is 11.2. The Kier molecular flexibility index (Phi) is 5.58. The number of H-pyrrole nitrogens is 1. The van der Waals surface area contributed by atoms with Gasteiger partial charge in [0.15, 0.2) is 6.10 Å². The van der Waals surface area contributed by atoms with Crippen molar-refractivity contribution in [1.82, 2.24) is 25.8 Å². The normalized spacial score (nSPS) is 11.8. The minimum atomic E-state index is -1.46. The van der Waals surface area contributed by atoms with Crippen LogP contribution in [-0.4, -0.2) is 56.6 Å². The van der Waals surface area contributed by atoms with Crippen LogP contribution in [0.15, 0.2) is 6.33 Å². The summed E-state index contributed by atoms with van der Waals surface area (Å²) in [5.74, 6) is -0.640. The number of amides is 2. The minimum Gasteiger partial charge on any atom is -0.479 e. The van der Waals surface area contributed by atoms with Gasteiger partial charge in [-0.1, -0.05) is 0 Å². The van der Waals surface area contributed by atoms with Gasteiger partial charge in [0, 0.05) is 25.9 Å². The number of aliphatic carboxylic acids is 1. The molecule has 0 saturated heterocycles. The summed E-state index contributed by atoms with van der Waals surface area (Å²) in [6.45, 7) is 0.462. The first-order valence-corrected chi connectivity index (χ1v) is 5.36. The van der Waals surface area contributed by atoms with Gasteiger partial charge in [0.1, 0.15) is 12.2 Å². The Morgan fingerprint density at radius 3 is 2.72 bits per heavy atom. The zero-order chi connectivity index (χ0) is 13.4. The highest BCUT2D eigenvalue weighted by Crippen LogP contribution is 1.89. The molecular formula is C9H15N5O4. The summed E-state index contributed by atoms with van der Waals surface area (Å²) < 4.78 is 0. The molecule has 0 radical (unpaired) electrons. The number of aliphatic hydroxyl groups is 1. The van der Waals surface area contributed by atoms with E-state index >= 15 is 0 Å². The topological polar surface area (TPSA) is 140 Å². The van der Waals surface area contributed by atoms with Crippen LogP contribution in [0.2, 0.25) is 0 Å². The zero-order valence-corrected chi connectivity index (χ0v) is 9.59. The number of aliphatic hydroxyl groups excluding tert-OH is 1. The first kappa shape index (κ1) is 13.9. The number of hydrogen-bond donors (Lipinski definition) is 5. The van der Waals surface area contributed by atoms with E-state index in [-0.39, 0.29) is 13.0 Å². The van der Waals surface area contributed by atoms with Crippen LogP contribution in [0.4, 0.5) is 4.79 Å². The molecule has 1 rings (SSSR count). The van der Waals surface area contributed by atoms with Crippen molar-refractivity contribution in [1.29, 1.82) is 0 Å². The Morgan fingerprint density at radius 1 is 1.39 bits per heavy atom. The molecule has 1 atom stereocenters. The molecule has 0 spiro atoms. The summed E-state index contributed by atoms with van der Waals surface area (Å²) in [6, 6.07) is -0.424. The predicted molar refractivity (Wildman–Crippen MR) is 59.7 cm³/mol. The van der Waals surface area contributed by atoms with Crippen molar-refractivity contribution in [2.75, 3.05) is 13.1 Å². The van der Waals surface area contributed by atoms with Crippen molar-refractivity contribution < 1.29 is 19.8 Å². The van der Waals surface area contributed by atoms with Gasteiger partial charge >= 0.3 is 12.0 Å². The van der Waals surface area contributed by atoms with Crippen molar-refractivity contribution in [2.24, 2.45) is 0 Å². The van der Waals surface area contributed by atoms with Crippen LogP contribution >= 0.6 is 0 Å². The molecule has 0 aromatic carbocycles. The second-order valence-electron chi connectivity index (χ2n) is 3.51. The van der Waals surface area contributed by atoms with E-state index in [4.69, 9.17) is 10.2 Å². The third-order valence-corrected chi connectivity index (χ3v) is 2.10. The van der Waals surface area contributed by atoms with Crippen LogP contribution in [0, 0.1) is 0 Å². The molecule has 18 heavy (non-hydrogen) atoms. The zero-order valence-electron chi connectivity index (χ0n) is 9.59. The largest absolute Gasteiger partial charge is 0.479 e. The Hall–Kier alpha value is -2.16. The molecule has 9 heteroatoms. The molecular weight excluding hydrogens is 242 g/mol. The molecule has 0 fully saturated rings. The smallest absolute Gasteiger partial charge is 0.332 e. The van der Waals surface area contributed by atoms with Crippen LogP contribution < -0.4 is 10.6 Å². The lowest BCUT2D eigenvalue weighted by Gasteiger charge is -2.08. The lowest BCUT2D eigenvalue weighted by atomic mass is 10.2. The molecule has 2 amide bonds. The summed E-state index contributed by atoms with van der Waals surface area (Å²) in [7, 11) is 0. The fourth-order valence-electron chi connectivity index (χ4n) is 1.15. The van der Waals surface area contributed by atoms with E-state index in [9.17, 15) is 9.59 Å². The fraction of sp³-hybridized carbons (Fsp3) is 0.556. The lowest BCUT2D eigenvalue weighted by molar-refractivity contribution is -0.146. The van der Waals surface area contributed by atoms with Crippen LogP contribution in [0.5, 0.6) is 0 Å². The maximum atomic E-state index is 11.2. The number of carboxylic acid groups (broad SMARTS) is 1. The number of carboxylic acids is 1. The van der Waals surface area contributed by atoms with Crippen LogP contribution in [0.1, 0.15) is 12.2 Å². The van der Waals surface area contributed by atoms with Gasteiger partial charge < -0.3 is 20.8 Å². The Labute approximate surface area is 103 Å². The predicted octanol–water partition coefficient (Wildman–Crippen LogP) is -1.52. The SMILES string of the molecule is O=C(NCCc1ncn[nH]1)NCC[C@H](O)C(=O)O. The van der Waals surface area contributed by atoms with Gasteiger partial charge in [-0.3, -0.25) is 5.10 Å². The molecule has 100 valence electrons. The monoisotopic (exact) mass is 257 g/mol. The van der Waals surface area contributed by atoms with Gasteiger partial charge in [-0.25, -0.2) is 14.6 Å². The van der Waals surface area contributed by atoms with Crippen LogP contribution in [0.25, 0.3) is 0 Å². The Morgan fingerprint density at radius 2 is 2.11 bits per heavy atom. The van der Waals surface area contributed by atoms with Crippen molar-refractivity contribution in [3.8, 4) is 0 Å². The first-order valence-electron chi connectivity index (χ1n) is 5.36. The van der Waals surface area contributed by atoms with E-state index < -0.39 is 18.1 Å². The molecule has 5 N–H and O–H groups in total. The van der Waals surface area contributed by atoms with Gasteiger partial charge in [0.2, 0.25) is 0 Å². The third-order valence-electron chi connectivity index (χ3n) is 2.10. The molecule has 1 aromatic rings. The summed E-state index contributed by atoms with van der Waals surface area (Å²) in [5.41, 5.74) is 0. The number of aromatic amines is 1. The second-order valence-corrected chi connectivity index (χ2v) is 3.51. The lowest BCUT2D eigenvalue weighted by Crippen LogP contribution is -2.38. The van der Waals surface area contributed by atoms with E-state index in [1.165, 1.54) is 6.33 Å². The number of nitrogens with one attached hydrogen (secondary N) is 3. The number of carbonyl (C=O) groups excluding carboxylic acids is 1. The molecule has 0 aliphatic carbocycles. The number of nitrogens with zero attached hydrogens (tertiary/aromatic N) is 2. The van der Waals surface area contributed by atoms with Crippen molar-refractivity contribution >= 4 is 12.0 Å². The van der Waals surface area contributed by atoms with E-state index in [2.05, 4.69) is 25.8 Å². The van der Waals surface area contributed by atoms with E-state index in [1.54, 1.807) is 0 Å². The van der Waals surface area contributed by atoms with Gasteiger partial charge in [-0.2, -0.15) is 5.10 Å². The van der Waals surface area contributed by atoms with Gasteiger partial charge in [0.25, 0.3) is 0 Å². The summed E-state index contributed by atoms with van der Waals surface area (Å²) in [4.78, 5) is 25.4. The molecule has 9 nitrogen and oxygen atoms in total. The molecule has 1 aromatic heterocycles. The summed E-state index contributed by atoms with van der Waals surface area (Å²) in [5, 5.41) is 28.6. The minimum absolute atomic E-state index is 0.0368. The molecule has 0 saturated carbocycles. The average Bonchev–Trinajstić information content (AvgIpc) is 2.81. The third kappa shape index (κ3) is 5.25. The van der Waals surface area contributed by atoms with Gasteiger partial charge in [0.05, 0.1) is 0 Å². The molecule has 0 bridgehead atoms. The quantitative estimate of drug-likeness (QED) is 0.402. The average molecular weight is 257 g/mol. The van der Waals surface area contributed by atoms with Crippen molar-refractivity contribution in [2.45, 2.75) is 18.9 Å². The first-order chi connectivity index (χ1) is 8.59. The van der Waals surface area contributed by atoms with Crippen LogP contribution in [-0.2, 0) is 11.2 Å². The highest BCUT2D eigenvalue weighted by atomic mass is 16.4. The van der Waals surface area contributed by atoms with Gasteiger partial charge in [-0.05, 0) is 0 Å². The number of rotatable bonds is 7. The maximum Gasteiger partial charge on any atom is 0.332 e. The Balaban J connectivity index is 2.05. The fourth-order valence-corrected chi connectivity index (χ4v) is 1.15. The molecule has 0 aliphatic rings. The molecule has 0 unspecified atom stereocenters. The second kappa shape index (κ2) is 7.22. The van der Waals surface area contributed by atoms with E-state index in [0.29, 0.717) is 18.8 Å². The van der Waals surface area contributed by atoms with Crippen LogP contribution in [0.3, 0.4) is 0 Å². The van der Waals surface area contributed by atoms with E-state index in [0.717, 1.165) is 0 Å². The number of aromatic nitrogens is 3. The molecule has 0 aliphatic heterocycles. The summed E-state index contributed by atoms with van der Waals surface area (Å²) in [6.07, 6.45) is 0.401. The summed E-state index contributed by atoms with van der Waals surface area (Å²) >= 11 is 0.